The molecule has 3 nitrogen and oxygen atoms in total. The molecule has 1 aromatic rings. The first-order valence-corrected chi connectivity index (χ1v) is 7.86. The van der Waals surface area contributed by atoms with E-state index < -0.39 is 5.60 Å². The van der Waals surface area contributed by atoms with Gasteiger partial charge in [0.15, 0.2) is 0 Å². The topological polar surface area (TPSA) is 35.5 Å². The lowest BCUT2D eigenvalue weighted by Crippen LogP contribution is -2.42. The summed E-state index contributed by atoms with van der Waals surface area (Å²) < 4.78 is 0. The maximum Gasteiger partial charge on any atom is 0.0653 e. The van der Waals surface area contributed by atoms with E-state index in [9.17, 15) is 5.11 Å². The molecule has 1 heterocycles. The van der Waals surface area contributed by atoms with E-state index in [0.29, 0.717) is 0 Å². The number of hydrogen-bond acceptors (Lipinski definition) is 3. The minimum atomic E-state index is -0.521. The highest BCUT2D eigenvalue weighted by molar-refractivity contribution is 6.33. The van der Waals surface area contributed by atoms with Gasteiger partial charge in [-0.2, -0.15) is 0 Å². The molecule has 0 saturated carbocycles. The van der Waals surface area contributed by atoms with Gasteiger partial charge in [0.25, 0.3) is 0 Å². The number of piperidine rings is 1. The lowest BCUT2D eigenvalue weighted by atomic mass is 9.93. The Hall–Kier alpha value is -0.770. The SMILES string of the molecule is CCCNCc1ccc(N2CCC(C)(O)CC2)c(Cl)c1. The molecule has 1 aliphatic heterocycles. The van der Waals surface area contributed by atoms with Crippen LogP contribution in [0.15, 0.2) is 18.2 Å². The number of rotatable bonds is 5. The van der Waals surface area contributed by atoms with E-state index in [0.717, 1.165) is 56.2 Å². The van der Waals surface area contributed by atoms with Crippen molar-refractivity contribution in [2.75, 3.05) is 24.5 Å². The summed E-state index contributed by atoms with van der Waals surface area (Å²) in [5.41, 5.74) is 1.78. The highest BCUT2D eigenvalue weighted by atomic mass is 35.5. The van der Waals surface area contributed by atoms with Gasteiger partial charge in [0.05, 0.1) is 16.3 Å². The second kappa shape index (κ2) is 6.79. The molecule has 0 spiro atoms. The Morgan fingerprint density at radius 2 is 2.05 bits per heavy atom. The summed E-state index contributed by atoms with van der Waals surface area (Å²) in [5.74, 6) is 0. The number of hydrogen-bond donors (Lipinski definition) is 2. The van der Waals surface area contributed by atoms with Crippen LogP contribution in [-0.4, -0.2) is 30.3 Å². The summed E-state index contributed by atoms with van der Waals surface area (Å²) in [7, 11) is 0. The molecule has 20 heavy (non-hydrogen) atoms. The van der Waals surface area contributed by atoms with Gasteiger partial charge in [-0.3, -0.25) is 0 Å². The fraction of sp³-hybridized carbons (Fsp3) is 0.625. The smallest absolute Gasteiger partial charge is 0.0653 e. The molecule has 0 aliphatic carbocycles. The van der Waals surface area contributed by atoms with Crippen LogP contribution in [0.1, 0.15) is 38.7 Å². The van der Waals surface area contributed by atoms with Crippen LogP contribution in [0.25, 0.3) is 0 Å². The van der Waals surface area contributed by atoms with Crippen molar-refractivity contribution in [2.45, 2.75) is 45.3 Å². The molecule has 112 valence electrons. The maximum atomic E-state index is 10.0. The standard InChI is InChI=1S/C16H25ClN2O/c1-3-8-18-12-13-4-5-15(14(17)11-13)19-9-6-16(2,20)7-10-19/h4-5,11,18,20H,3,6-10,12H2,1-2H3. The average Bonchev–Trinajstić information content (AvgIpc) is 2.40. The molecule has 0 aromatic heterocycles. The van der Waals surface area contributed by atoms with Crippen molar-refractivity contribution < 1.29 is 5.11 Å². The summed E-state index contributed by atoms with van der Waals surface area (Å²) in [5, 5.41) is 14.2. The van der Waals surface area contributed by atoms with Gasteiger partial charge in [0.2, 0.25) is 0 Å². The Bertz CT molecular complexity index is 438. The van der Waals surface area contributed by atoms with E-state index in [1.807, 2.05) is 13.0 Å². The quantitative estimate of drug-likeness (QED) is 0.819. The molecule has 0 unspecified atom stereocenters. The van der Waals surface area contributed by atoms with Crippen molar-refractivity contribution in [1.29, 1.82) is 0 Å². The van der Waals surface area contributed by atoms with Crippen LogP contribution in [0, 0.1) is 0 Å². The van der Waals surface area contributed by atoms with Gasteiger partial charge < -0.3 is 15.3 Å². The molecule has 1 fully saturated rings. The third-order valence-electron chi connectivity index (χ3n) is 3.95. The number of halogens is 1. The Morgan fingerprint density at radius 1 is 1.35 bits per heavy atom. The van der Waals surface area contributed by atoms with Gasteiger partial charge >= 0.3 is 0 Å². The zero-order valence-corrected chi connectivity index (χ0v) is 13.2. The van der Waals surface area contributed by atoms with Crippen LogP contribution in [0.4, 0.5) is 5.69 Å². The number of benzene rings is 1. The Morgan fingerprint density at radius 3 is 2.65 bits per heavy atom. The Balaban J connectivity index is 1.99. The monoisotopic (exact) mass is 296 g/mol. The molecule has 0 atom stereocenters. The molecule has 0 bridgehead atoms. The lowest BCUT2D eigenvalue weighted by Gasteiger charge is -2.37. The van der Waals surface area contributed by atoms with Gasteiger partial charge in [-0.1, -0.05) is 24.6 Å². The summed E-state index contributed by atoms with van der Waals surface area (Å²) in [4.78, 5) is 2.27. The summed E-state index contributed by atoms with van der Waals surface area (Å²) in [6, 6.07) is 6.29. The zero-order chi connectivity index (χ0) is 14.6. The van der Waals surface area contributed by atoms with Crippen molar-refractivity contribution in [2.24, 2.45) is 0 Å². The highest BCUT2D eigenvalue weighted by Gasteiger charge is 2.28. The molecule has 0 radical (unpaired) electrons. The van der Waals surface area contributed by atoms with Crippen LogP contribution in [-0.2, 0) is 6.54 Å². The summed E-state index contributed by atoms with van der Waals surface area (Å²) in [6.45, 7) is 7.69. The Kier molecular flexibility index (Phi) is 5.30. The second-order valence-electron chi connectivity index (χ2n) is 5.95. The number of nitrogens with one attached hydrogen (secondary N) is 1. The lowest BCUT2D eigenvalue weighted by molar-refractivity contribution is 0.0351. The average molecular weight is 297 g/mol. The van der Waals surface area contributed by atoms with Crippen molar-refractivity contribution >= 4 is 17.3 Å². The minimum Gasteiger partial charge on any atom is -0.390 e. The molecular weight excluding hydrogens is 272 g/mol. The predicted octanol–water partition coefficient (Wildman–Crippen LogP) is 3.19. The summed E-state index contributed by atoms with van der Waals surface area (Å²) >= 11 is 6.41. The fourth-order valence-electron chi connectivity index (χ4n) is 2.56. The fourth-order valence-corrected chi connectivity index (χ4v) is 2.88. The highest BCUT2D eigenvalue weighted by Crippen LogP contribution is 2.31. The van der Waals surface area contributed by atoms with E-state index in [-0.39, 0.29) is 0 Å². The first-order valence-electron chi connectivity index (χ1n) is 7.48. The van der Waals surface area contributed by atoms with Gasteiger partial charge in [-0.25, -0.2) is 0 Å². The molecule has 4 heteroatoms. The first kappa shape index (κ1) is 15.6. The molecule has 2 N–H and O–H groups in total. The van der Waals surface area contributed by atoms with Crippen LogP contribution in [0.3, 0.4) is 0 Å². The van der Waals surface area contributed by atoms with Crippen LogP contribution in [0.2, 0.25) is 5.02 Å². The largest absolute Gasteiger partial charge is 0.390 e. The third kappa shape index (κ3) is 4.11. The van der Waals surface area contributed by atoms with Crippen LogP contribution < -0.4 is 10.2 Å². The number of nitrogens with zero attached hydrogens (tertiary/aromatic N) is 1. The van der Waals surface area contributed by atoms with Gasteiger partial charge in [-0.15, -0.1) is 0 Å². The van der Waals surface area contributed by atoms with E-state index in [1.165, 1.54) is 5.56 Å². The second-order valence-corrected chi connectivity index (χ2v) is 6.35. The maximum absolute atomic E-state index is 10.0. The van der Waals surface area contributed by atoms with Crippen molar-refractivity contribution in [3.8, 4) is 0 Å². The van der Waals surface area contributed by atoms with E-state index in [2.05, 4.69) is 29.3 Å². The minimum absolute atomic E-state index is 0.521. The Labute approximate surface area is 126 Å². The van der Waals surface area contributed by atoms with Gasteiger partial charge in [-0.05, 0) is 50.4 Å². The predicted molar refractivity (Wildman–Crippen MR) is 85.5 cm³/mol. The number of anilines is 1. The van der Waals surface area contributed by atoms with Gasteiger partial charge in [0.1, 0.15) is 0 Å². The molecule has 2 rings (SSSR count). The normalized spacial score (nSPS) is 18.3. The van der Waals surface area contributed by atoms with E-state index >= 15 is 0 Å². The summed E-state index contributed by atoms with van der Waals surface area (Å²) in [6.07, 6.45) is 2.73. The zero-order valence-electron chi connectivity index (χ0n) is 12.5. The molecule has 1 saturated heterocycles. The van der Waals surface area contributed by atoms with Crippen molar-refractivity contribution in [3.63, 3.8) is 0 Å². The van der Waals surface area contributed by atoms with E-state index in [4.69, 9.17) is 11.6 Å². The van der Waals surface area contributed by atoms with Gasteiger partial charge in [0, 0.05) is 19.6 Å². The first-order chi connectivity index (χ1) is 9.52. The van der Waals surface area contributed by atoms with Crippen molar-refractivity contribution in [3.05, 3.63) is 28.8 Å². The molecule has 0 amide bonds. The number of aliphatic hydroxyl groups is 1. The molecule has 1 aliphatic rings. The van der Waals surface area contributed by atoms with Crippen molar-refractivity contribution in [1.82, 2.24) is 5.32 Å². The molecular formula is C16H25ClN2O. The van der Waals surface area contributed by atoms with E-state index in [1.54, 1.807) is 0 Å². The van der Waals surface area contributed by atoms with Crippen LogP contribution >= 0.6 is 11.6 Å². The third-order valence-corrected chi connectivity index (χ3v) is 4.25. The molecule has 1 aromatic carbocycles. The van der Waals surface area contributed by atoms with Crippen LogP contribution in [0.5, 0.6) is 0 Å².